The van der Waals surface area contributed by atoms with Crippen LogP contribution in [0.15, 0.2) is 0 Å². The number of amidine groups is 1. The van der Waals surface area contributed by atoms with E-state index in [9.17, 15) is 18.4 Å². The van der Waals surface area contributed by atoms with E-state index in [1.165, 1.54) is 0 Å². The molecule has 4 fully saturated rings. The molecule has 8 unspecified atom stereocenters. The van der Waals surface area contributed by atoms with Gasteiger partial charge in [0.05, 0.1) is 16.7 Å². The minimum atomic E-state index is -1.58. The summed E-state index contributed by atoms with van der Waals surface area (Å²) in [7, 11) is 0. The Hall–Kier alpha value is -1.29. The third-order valence-corrected chi connectivity index (χ3v) is 9.70. The number of nitrogens with zero attached hydrogens (tertiary/aromatic N) is 1. The number of rotatable bonds is 6. The fourth-order valence-electron chi connectivity index (χ4n) is 6.82. The van der Waals surface area contributed by atoms with E-state index in [-0.39, 0.29) is 54.0 Å². The van der Waals surface area contributed by atoms with E-state index in [0.29, 0.717) is 18.3 Å². The Bertz CT molecular complexity index is 768. The molecular weight excluding hydrogens is 508 g/mol. The van der Waals surface area contributed by atoms with Crippen LogP contribution in [0.3, 0.4) is 0 Å². The number of nitrogens with two attached hydrogens (primary N) is 2. The quantitative estimate of drug-likeness (QED) is 0.232. The van der Waals surface area contributed by atoms with Gasteiger partial charge < -0.3 is 16.8 Å². The van der Waals surface area contributed by atoms with Crippen LogP contribution in [-0.4, -0.2) is 64.4 Å². The Labute approximate surface area is 208 Å². The second kappa shape index (κ2) is 10.8. The molecule has 1 aliphatic heterocycles. The van der Waals surface area contributed by atoms with Crippen molar-refractivity contribution in [3.8, 4) is 0 Å². The van der Waals surface area contributed by atoms with E-state index in [1.807, 2.05) is 0 Å². The number of alkyl halides is 3. The molecule has 0 spiro atoms. The summed E-state index contributed by atoms with van der Waals surface area (Å²) in [6.45, 7) is 0.763. The third-order valence-electron chi connectivity index (χ3n) is 8.83. The first-order chi connectivity index (χ1) is 16.1. The molecule has 0 aromatic rings. The maximum atomic E-state index is 14.1. The van der Waals surface area contributed by atoms with Crippen LogP contribution >= 0.6 is 15.9 Å². The van der Waals surface area contributed by atoms with Crippen molar-refractivity contribution in [3.63, 3.8) is 0 Å². The van der Waals surface area contributed by atoms with E-state index in [1.54, 1.807) is 0 Å². The van der Waals surface area contributed by atoms with Crippen LogP contribution < -0.4 is 16.8 Å². The van der Waals surface area contributed by atoms with Gasteiger partial charge in [0.25, 0.3) is 0 Å². The number of likely N-dealkylation sites (tertiary alicyclic amines) is 1. The maximum absolute atomic E-state index is 14.1. The first kappa shape index (κ1) is 25.8. The van der Waals surface area contributed by atoms with Gasteiger partial charge in [0.15, 0.2) is 0 Å². The number of nitrogens with one attached hydrogen (secondary N) is 2. The molecule has 34 heavy (non-hydrogen) atoms. The van der Waals surface area contributed by atoms with Crippen LogP contribution in [0.1, 0.15) is 64.2 Å². The van der Waals surface area contributed by atoms with Crippen LogP contribution in [-0.2, 0) is 9.59 Å². The summed E-state index contributed by atoms with van der Waals surface area (Å²) < 4.78 is 28.0. The van der Waals surface area contributed by atoms with Crippen molar-refractivity contribution >= 4 is 33.6 Å². The van der Waals surface area contributed by atoms with Crippen molar-refractivity contribution in [2.75, 3.05) is 6.54 Å². The molecule has 0 bridgehead atoms. The van der Waals surface area contributed by atoms with Crippen LogP contribution in [0.5, 0.6) is 0 Å². The van der Waals surface area contributed by atoms with Crippen molar-refractivity contribution in [3.05, 3.63) is 0 Å². The van der Waals surface area contributed by atoms with Gasteiger partial charge >= 0.3 is 0 Å². The summed E-state index contributed by atoms with van der Waals surface area (Å²) >= 11 is 3.23. The van der Waals surface area contributed by atoms with Crippen molar-refractivity contribution < 1.29 is 18.4 Å². The molecule has 1 heterocycles. The molecule has 7 nitrogen and oxygen atoms in total. The number of halogens is 3. The molecular formula is C24H38BrF2N5O2. The highest BCUT2D eigenvalue weighted by Crippen LogP contribution is 2.43. The van der Waals surface area contributed by atoms with Gasteiger partial charge in [-0.1, -0.05) is 15.9 Å². The topological polar surface area (TPSA) is 125 Å². The van der Waals surface area contributed by atoms with Gasteiger partial charge in [0.2, 0.25) is 11.8 Å². The highest BCUT2D eigenvalue weighted by molar-refractivity contribution is 9.09. The average molecular weight is 547 g/mol. The lowest BCUT2D eigenvalue weighted by Gasteiger charge is -2.40. The Morgan fingerprint density at radius 1 is 0.971 bits per heavy atom. The Kier molecular flexibility index (Phi) is 8.17. The molecule has 4 aliphatic rings. The summed E-state index contributed by atoms with van der Waals surface area (Å²) in [6, 6.07) is -0.518. The minimum absolute atomic E-state index is 0.00186. The molecule has 10 heteroatoms. The number of hydrogen-bond donors (Lipinski definition) is 4. The normalized spacial score (nSPS) is 43.1. The molecule has 2 amide bonds. The predicted molar refractivity (Wildman–Crippen MR) is 130 cm³/mol. The molecule has 3 aliphatic carbocycles. The van der Waals surface area contributed by atoms with E-state index in [4.69, 9.17) is 16.9 Å². The van der Waals surface area contributed by atoms with E-state index in [0.717, 1.165) is 57.9 Å². The van der Waals surface area contributed by atoms with E-state index >= 15 is 0 Å². The van der Waals surface area contributed by atoms with E-state index < -0.39 is 17.2 Å². The number of fused-ring (bicyclic) bond motifs is 1. The van der Waals surface area contributed by atoms with Crippen LogP contribution in [0.4, 0.5) is 8.78 Å². The molecule has 192 valence electrons. The monoisotopic (exact) mass is 545 g/mol. The van der Waals surface area contributed by atoms with Crippen molar-refractivity contribution in [1.82, 2.24) is 10.2 Å². The molecule has 4 rings (SSSR count). The highest BCUT2D eigenvalue weighted by Gasteiger charge is 2.48. The van der Waals surface area contributed by atoms with Crippen LogP contribution in [0.25, 0.3) is 0 Å². The number of amides is 2. The van der Waals surface area contributed by atoms with Crippen molar-refractivity contribution in [2.24, 2.45) is 35.1 Å². The summed E-state index contributed by atoms with van der Waals surface area (Å²) in [6.07, 6.45) is 3.95. The molecule has 3 saturated carbocycles. The molecule has 6 N–H and O–H groups in total. The summed E-state index contributed by atoms with van der Waals surface area (Å²) in [5, 5.41) is 11.0. The largest absolute Gasteiger partial charge is 0.387 e. The van der Waals surface area contributed by atoms with E-state index in [2.05, 4.69) is 26.1 Å². The fraction of sp³-hybridized carbons (Fsp3) is 0.875. The predicted octanol–water partition coefficient (Wildman–Crippen LogP) is 2.79. The number of carbonyl (C=O) groups excluding carboxylic acids is 2. The van der Waals surface area contributed by atoms with Gasteiger partial charge in [0, 0.05) is 36.9 Å². The average Bonchev–Trinajstić information content (AvgIpc) is 3.15. The van der Waals surface area contributed by atoms with Gasteiger partial charge in [-0.3, -0.25) is 19.9 Å². The second-order valence-electron chi connectivity index (χ2n) is 11.0. The van der Waals surface area contributed by atoms with Crippen molar-refractivity contribution in [1.29, 1.82) is 5.41 Å². The lowest BCUT2D eigenvalue weighted by Crippen LogP contribution is -2.54. The maximum Gasteiger partial charge on any atom is 0.237 e. The number of primary amides is 1. The fourth-order valence-corrected chi connectivity index (χ4v) is 7.60. The van der Waals surface area contributed by atoms with Gasteiger partial charge in [0.1, 0.15) is 12.3 Å². The molecule has 0 aromatic carbocycles. The molecule has 1 saturated heterocycles. The van der Waals surface area contributed by atoms with Gasteiger partial charge in [-0.25, -0.2) is 8.78 Å². The van der Waals surface area contributed by atoms with Crippen molar-refractivity contribution in [2.45, 2.75) is 99.5 Å². The Morgan fingerprint density at radius 2 is 1.65 bits per heavy atom. The smallest absolute Gasteiger partial charge is 0.237 e. The highest BCUT2D eigenvalue weighted by atomic mass is 79.9. The molecule has 8 atom stereocenters. The summed E-state index contributed by atoms with van der Waals surface area (Å²) in [4.78, 5) is 26.7. The first-order valence-corrected chi connectivity index (χ1v) is 13.7. The second-order valence-corrected chi connectivity index (χ2v) is 12.2. The SMILES string of the molecule is N=C(N)C1CCC2CC(C(=O)NC3CC(F)C(F)C(Br)C3)N(CC3CCC(C(N)=O)CC3)C2C1. The number of carbonyl (C=O) groups is 2. The number of hydrogen-bond acceptors (Lipinski definition) is 4. The zero-order chi connectivity index (χ0) is 24.6. The zero-order valence-electron chi connectivity index (χ0n) is 19.6. The molecule has 0 aromatic heterocycles. The summed E-state index contributed by atoms with van der Waals surface area (Å²) in [5.41, 5.74) is 11.3. The lowest BCUT2D eigenvalue weighted by molar-refractivity contribution is -0.127. The Morgan fingerprint density at radius 3 is 2.26 bits per heavy atom. The van der Waals surface area contributed by atoms with Crippen LogP contribution in [0, 0.1) is 29.1 Å². The zero-order valence-corrected chi connectivity index (χ0v) is 21.2. The standard InChI is InChI=1S/C24H38BrF2N5O2/c25-17-9-16(10-18(26)21(17)27)31-24(34)20-7-14-5-6-15(22(28)29)8-19(14)32(20)11-12-1-3-13(4-2-12)23(30)33/h12-21H,1-11H2,(H3,28,29)(H2,30,33)(H,31,34). The summed E-state index contributed by atoms with van der Waals surface area (Å²) in [5.74, 6) is 0.613. The van der Waals surface area contributed by atoms with Gasteiger partial charge in [-0.05, 0) is 69.6 Å². The van der Waals surface area contributed by atoms with Gasteiger partial charge in [-0.15, -0.1) is 0 Å². The first-order valence-electron chi connectivity index (χ1n) is 12.8. The third kappa shape index (κ3) is 5.58. The Balaban J connectivity index is 1.45. The van der Waals surface area contributed by atoms with Crippen LogP contribution in [0.2, 0.25) is 0 Å². The minimum Gasteiger partial charge on any atom is -0.387 e. The molecule has 0 radical (unpaired) electrons. The van der Waals surface area contributed by atoms with Gasteiger partial charge in [-0.2, -0.15) is 0 Å². The lowest BCUT2D eigenvalue weighted by atomic mass is 9.77.